The Kier molecular flexibility index (Phi) is 6.08. The number of likely N-dealkylation sites (N-methyl/N-ethyl adjacent to an activating group) is 1. The molecule has 1 unspecified atom stereocenters. The third-order valence-electron chi connectivity index (χ3n) is 6.09. The van der Waals surface area contributed by atoms with E-state index in [4.69, 9.17) is 4.74 Å². The zero-order chi connectivity index (χ0) is 22.8. The minimum Gasteiger partial charge on any atom is -0.466 e. The van der Waals surface area contributed by atoms with Crippen molar-refractivity contribution in [3.05, 3.63) is 59.2 Å². The Morgan fingerprint density at radius 2 is 1.78 bits per heavy atom. The zero-order valence-corrected chi connectivity index (χ0v) is 18.3. The van der Waals surface area contributed by atoms with Crippen molar-refractivity contribution in [2.75, 3.05) is 33.3 Å². The third kappa shape index (κ3) is 4.02. The molecule has 2 aromatic carbocycles. The summed E-state index contributed by atoms with van der Waals surface area (Å²) in [4.78, 5) is 53.5. The largest absolute Gasteiger partial charge is 0.466 e. The van der Waals surface area contributed by atoms with E-state index in [1.807, 2.05) is 18.2 Å². The van der Waals surface area contributed by atoms with Gasteiger partial charge in [-0.2, -0.15) is 0 Å². The van der Waals surface area contributed by atoms with Crippen LogP contribution in [-0.4, -0.2) is 66.7 Å². The van der Waals surface area contributed by atoms with Crippen LogP contribution in [0.5, 0.6) is 0 Å². The summed E-state index contributed by atoms with van der Waals surface area (Å²) in [6, 6.07) is 12.5. The summed E-state index contributed by atoms with van der Waals surface area (Å²) in [6.45, 7) is 2.84. The Bertz CT molecular complexity index is 1090. The van der Waals surface area contributed by atoms with Crippen LogP contribution in [0.2, 0.25) is 0 Å². The molecule has 166 valence electrons. The molecule has 1 aliphatic heterocycles. The quantitative estimate of drug-likeness (QED) is 0.577. The molecule has 0 N–H and O–H groups in total. The van der Waals surface area contributed by atoms with Gasteiger partial charge in [0.05, 0.1) is 19.1 Å². The van der Waals surface area contributed by atoms with Gasteiger partial charge in [-0.05, 0) is 43.0 Å². The van der Waals surface area contributed by atoms with E-state index in [1.165, 1.54) is 4.90 Å². The van der Waals surface area contributed by atoms with Crippen molar-refractivity contribution in [2.45, 2.75) is 19.8 Å². The Hall–Kier alpha value is -3.48. The number of piperidine rings is 1. The number of carbonyl (C=O) groups excluding carboxylic acids is 4. The summed E-state index contributed by atoms with van der Waals surface area (Å²) in [6.07, 6.45) is 1.42. The lowest BCUT2D eigenvalue weighted by Crippen LogP contribution is -2.47. The molecule has 0 saturated carbocycles. The molecule has 1 heterocycles. The molecule has 1 atom stereocenters. The monoisotopic (exact) mass is 434 g/mol. The smallest absolute Gasteiger partial charge is 0.310 e. The highest BCUT2D eigenvalue weighted by molar-refractivity contribution is 6.22. The summed E-state index contributed by atoms with van der Waals surface area (Å²) in [7, 11) is 1.57. The molecule has 7 nitrogen and oxygen atoms in total. The number of benzene rings is 2. The van der Waals surface area contributed by atoms with E-state index in [1.54, 1.807) is 43.1 Å². The third-order valence-corrected chi connectivity index (χ3v) is 6.09. The first-order valence-electron chi connectivity index (χ1n) is 10.9. The van der Waals surface area contributed by atoms with E-state index in [0.717, 1.165) is 17.5 Å². The molecule has 32 heavy (non-hydrogen) atoms. The van der Waals surface area contributed by atoms with Gasteiger partial charge in [0.25, 0.3) is 5.91 Å². The highest BCUT2D eigenvalue weighted by Crippen LogP contribution is 2.36. The van der Waals surface area contributed by atoms with Crippen molar-refractivity contribution in [1.82, 2.24) is 9.80 Å². The number of ether oxygens (including phenoxy) is 1. The van der Waals surface area contributed by atoms with E-state index in [-0.39, 0.29) is 36.0 Å². The lowest BCUT2D eigenvalue weighted by atomic mass is 9.98. The predicted molar refractivity (Wildman–Crippen MR) is 118 cm³/mol. The van der Waals surface area contributed by atoms with E-state index in [0.29, 0.717) is 42.8 Å². The lowest BCUT2D eigenvalue weighted by molar-refractivity contribution is -0.151. The molecular formula is C25H26N2O5. The van der Waals surface area contributed by atoms with Crippen LogP contribution in [0.4, 0.5) is 0 Å². The molecule has 4 rings (SSSR count). The maximum Gasteiger partial charge on any atom is 0.310 e. The number of rotatable bonds is 5. The topological polar surface area (TPSA) is 84.0 Å². The number of fused-ring (bicyclic) bond motifs is 3. The van der Waals surface area contributed by atoms with Gasteiger partial charge in [0.15, 0.2) is 5.78 Å². The first-order valence-corrected chi connectivity index (χ1v) is 10.9. The van der Waals surface area contributed by atoms with Gasteiger partial charge in [0.2, 0.25) is 5.91 Å². The van der Waals surface area contributed by atoms with Gasteiger partial charge in [-0.1, -0.05) is 30.3 Å². The van der Waals surface area contributed by atoms with Crippen LogP contribution >= 0.6 is 0 Å². The number of amides is 2. The molecule has 0 spiro atoms. The highest BCUT2D eigenvalue weighted by Gasteiger charge is 2.31. The van der Waals surface area contributed by atoms with Crippen molar-refractivity contribution in [3.63, 3.8) is 0 Å². The number of nitrogens with zero attached hydrogens (tertiary/aromatic N) is 2. The Morgan fingerprint density at radius 1 is 1.06 bits per heavy atom. The van der Waals surface area contributed by atoms with Crippen LogP contribution in [0.3, 0.4) is 0 Å². The van der Waals surface area contributed by atoms with Gasteiger partial charge in [-0.15, -0.1) is 0 Å². The first-order chi connectivity index (χ1) is 15.4. The number of likely N-dealkylation sites (tertiary alicyclic amines) is 1. The van der Waals surface area contributed by atoms with Gasteiger partial charge in [0.1, 0.15) is 0 Å². The van der Waals surface area contributed by atoms with Gasteiger partial charge in [0, 0.05) is 36.8 Å². The maximum absolute atomic E-state index is 13.0. The number of ketones is 1. The van der Waals surface area contributed by atoms with E-state index < -0.39 is 0 Å². The number of hydrogen-bond acceptors (Lipinski definition) is 5. The molecule has 1 saturated heterocycles. The van der Waals surface area contributed by atoms with Crippen LogP contribution < -0.4 is 0 Å². The first kappa shape index (κ1) is 21.7. The number of esters is 1. The molecule has 2 amide bonds. The van der Waals surface area contributed by atoms with Gasteiger partial charge in [-0.25, -0.2) is 0 Å². The summed E-state index contributed by atoms with van der Waals surface area (Å²) < 4.78 is 5.09. The van der Waals surface area contributed by atoms with Crippen molar-refractivity contribution in [2.24, 2.45) is 5.92 Å². The minimum absolute atomic E-state index is 0.0951. The molecule has 7 heteroatoms. The second kappa shape index (κ2) is 8.94. The average molecular weight is 434 g/mol. The second-order valence-corrected chi connectivity index (χ2v) is 8.23. The molecule has 1 fully saturated rings. The van der Waals surface area contributed by atoms with Crippen molar-refractivity contribution in [1.29, 1.82) is 0 Å². The fraction of sp³-hybridized carbons (Fsp3) is 0.360. The molecule has 0 radical (unpaired) electrons. The summed E-state index contributed by atoms with van der Waals surface area (Å²) in [5.74, 6) is -1.23. The summed E-state index contributed by atoms with van der Waals surface area (Å²) >= 11 is 0. The zero-order valence-electron chi connectivity index (χ0n) is 18.3. The fourth-order valence-corrected chi connectivity index (χ4v) is 4.41. The average Bonchev–Trinajstić information content (AvgIpc) is 3.10. The molecule has 0 bridgehead atoms. The van der Waals surface area contributed by atoms with Crippen LogP contribution in [0.15, 0.2) is 42.5 Å². The Balaban J connectivity index is 1.43. The van der Waals surface area contributed by atoms with Crippen LogP contribution in [0.1, 0.15) is 46.0 Å². The van der Waals surface area contributed by atoms with Crippen LogP contribution in [0, 0.1) is 5.92 Å². The number of carbonyl (C=O) groups is 4. The normalized spacial score (nSPS) is 16.9. The van der Waals surface area contributed by atoms with Crippen LogP contribution in [-0.2, 0) is 14.3 Å². The van der Waals surface area contributed by atoms with Crippen molar-refractivity contribution < 1.29 is 23.9 Å². The van der Waals surface area contributed by atoms with E-state index in [9.17, 15) is 19.2 Å². The molecule has 2 aromatic rings. The van der Waals surface area contributed by atoms with Crippen LogP contribution in [0.25, 0.3) is 11.1 Å². The van der Waals surface area contributed by atoms with E-state index in [2.05, 4.69) is 0 Å². The molecular weight excluding hydrogens is 408 g/mol. The van der Waals surface area contributed by atoms with Gasteiger partial charge < -0.3 is 14.5 Å². The molecule has 2 aliphatic rings. The minimum atomic E-state index is -0.330. The van der Waals surface area contributed by atoms with Crippen molar-refractivity contribution >= 4 is 23.6 Å². The predicted octanol–water partition coefficient (Wildman–Crippen LogP) is 2.77. The second-order valence-electron chi connectivity index (χ2n) is 8.23. The summed E-state index contributed by atoms with van der Waals surface area (Å²) in [5, 5.41) is 0. The molecule has 1 aliphatic carbocycles. The Morgan fingerprint density at radius 3 is 2.53 bits per heavy atom. The SMILES string of the molecule is CCOC(=O)C1CCCN(C(=O)CN(C)C(=O)c2ccc3c(c2)C(=O)c2ccccc2-3)C1. The number of hydrogen-bond donors (Lipinski definition) is 0. The molecule has 0 aromatic heterocycles. The maximum atomic E-state index is 13.0. The van der Waals surface area contributed by atoms with Crippen molar-refractivity contribution in [3.8, 4) is 11.1 Å². The Labute approximate surface area is 187 Å². The lowest BCUT2D eigenvalue weighted by Gasteiger charge is -2.32. The van der Waals surface area contributed by atoms with Gasteiger partial charge in [-0.3, -0.25) is 19.2 Å². The summed E-state index contributed by atoms with van der Waals surface area (Å²) in [5.41, 5.74) is 3.20. The fourth-order valence-electron chi connectivity index (χ4n) is 4.41. The van der Waals surface area contributed by atoms with E-state index >= 15 is 0 Å². The standard InChI is InChI=1S/C25H26N2O5/c1-3-32-25(31)17-7-6-12-27(14-17)22(28)15-26(2)24(30)16-10-11-19-18-8-4-5-9-20(18)23(29)21(19)13-16/h4-5,8-11,13,17H,3,6-7,12,14-15H2,1-2H3. The highest BCUT2D eigenvalue weighted by atomic mass is 16.5. The van der Waals surface area contributed by atoms with Gasteiger partial charge >= 0.3 is 5.97 Å².